The van der Waals surface area contributed by atoms with Gasteiger partial charge in [-0.15, -0.1) is 0 Å². The van der Waals surface area contributed by atoms with E-state index < -0.39 is 5.54 Å². The minimum Gasteiger partial charge on any atom is -0.348 e. The Morgan fingerprint density at radius 1 is 1.56 bits per heavy atom. The second kappa shape index (κ2) is 3.87. The summed E-state index contributed by atoms with van der Waals surface area (Å²) in [6, 6.07) is 5.99. The van der Waals surface area contributed by atoms with E-state index in [-0.39, 0.29) is 17.8 Å². The van der Waals surface area contributed by atoms with Gasteiger partial charge in [-0.05, 0) is 37.5 Å². The van der Waals surface area contributed by atoms with Crippen LogP contribution in [0, 0.1) is 5.82 Å². The van der Waals surface area contributed by atoms with Crippen LogP contribution >= 0.6 is 0 Å². The first-order valence-electron chi connectivity index (χ1n) is 5.36. The van der Waals surface area contributed by atoms with Crippen LogP contribution in [0.15, 0.2) is 24.3 Å². The van der Waals surface area contributed by atoms with Gasteiger partial charge in [-0.2, -0.15) is 0 Å². The van der Waals surface area contributed by atoms with Crippen LogP contribution in [0.25, 0.3) is 0 Å². The van der Waals surface area contributed by atoms with Crippen LogP contribution < -0.4 is 11.1 Å². The van der Waals surface area contributed by atoms with Gasteiger partial charge in [0.05, 0.1) is 11.6 Å². The lowest BCUT2D eigenvalue weighted by molar-refractivity contribution is -0.123. The molecule has 2 rings (SSSR count). The number of carbonyl (C=O) groups excluding carboxylic acids is 1. The Bertz CT molecular complexity index is 415. The molecule has 0 heterocycles. The molecule has 0 bridgehead atoms. The van der Waals surface area contributed by atoms with Gasteiger partial charge >= 0.3 is 0 Å². The van der Waals surface area contributed by atoms with E-state index in [0.29, 0.717) is 0 Å². The zero-order valence-electron chi connectivity index (χ0n) is 9.16. The number of amides is 1. The number of nitrogens with one attached hydrogen (secondary N) is 1. The third kappa shape index (κ3) is 2.22. The summed E-state index contributed by atoms with van der Waals surface area (Å²) in [7, 11) is 0. The first-order valence-corrected chi connectivity index (χ1v) is 5.36. The summed E-state index contributed by atoms with van der Waals surface area (Å²) in [5.41, 5.74) is 5.83. The molecule has 1 atom stereocenters. The summed E-state index contributed by atoms with van der Waals surface area (Å²) < 4.78 is 13.0. The standard InChI is InChI=1S/C12H15FN2O/c1-8(9-3-2-4-10(13)7-9)15-11(16)12(14)5-6-12/h2-4,7-8H,5-6,14H2,1H3,(H,15,16)/t8-/m0/s1. The van der Waals surface area contributed by atoms with Gasteiger partial charge in [0, 0.05) is 0 Å². The number of hydrogen-bond donors (Lipinski definition) is 2. The lowest BCUT2D eigenvalue weighted by Gasteiger charge is -2.17. The van der Waals surface area contributed by atoms with E-state index >= 15 is 0 Å². The molecular weight excluding hydrogens is 207 g/mol. The molecular formula is C12H15FN2O. The summed E-state index contributed by atoms with van der Waals surface area (Å²) in [4.78, 5) is 11.7. The lowest BCUT2D eigenvalue weighted by atomic mass is 10.1. The van der Waals surface area contributed by atoms with Crippen molar-refractivity contribution < 1.29 is 9.18 Å². The molecule has 3 N–H and O–H groups in total. The van der Waals surface area contributed by atoms with Crippen molar-refractivity contribution in [2.45, 2.75) is 31.3 Å². The molecule has 4 heteroatoms. The molecule has 0 aromatic heterocycles. The minimum atomic E-state index is -0.679. The van der Waals surface area contributed by atoms with Crippen molar-refractivity contribution in [3.63, 3.8) is 0 Å². The molecule has 1 aliphatic carbocycles. The van der Waals surface area contributed by atoms with Gasteiger partial charge in [-0.3, -0.25) is 4.79 Å². The highest BCUT2D eigenvalue weighted by molar-refractivity contribution is 5.89. The van der Waals surface area contributed by atoms with Gasteiger partial charge in [0.25, 0.3) is 0 Å². The lowest BCUT2D eigenvalue weighted by Crippen LogP contribution is -2.43. The van der Waals surface area contributed by atoms with Gasteiger partial charge in [-0.1, -0.05) is 12.1 Å². The monoisotopic (exact) mass is 222 g/mol. The maximum atomic E-state index is 13.0. The van der Waals surface area contributed by atoms with Gasteiger partial charge in [0.15, 0.2) is 0 Å². The SMILES string of the molecule is C[C@H](NC(=O)C1(N)CC1)c1cccc(F)c1. The Labute approximate surface area is 93.8 Å². The average Bonchev–Trinajstić information content (AvgIpc) is 2.98. The molecule has 0 unspecified atom stereocenters. The van der Waals surface area contributed by atoms with Crippen molar-refractivity contribution in [3.8, 4) is 0 Å². The number of nitrogens with two attached hydrogens (primary N) is 1. The summed E-state index contributed by atoms with van der Waals surface area (Å²) in [5, 5.41) is 2.80. The van der Waals surface area contributed by atoms with Crippen molar-refractivity contribution in [1.29, 1.82) is 0 Å². The summed E-state index contributed by atoms with van der Waals surface area (Å²) in [6.07, 6.45) is 1.46. The number of rotatable bonds is 3. The summed E-state index contributed by atoms with van der Waals surface area (Å²) in [6.45, 7) is 1.82. The normalized spacial score (nSPS) is 18.9. The largest absolute Gasteiger partial charge is 0.348 e. The van der Waals surface area contributed by atoms with Crippen LogP contribution in [0.5, 0.6) is 0 Å². The topological polar surface area (TPSA) is 55.1 Å². The fraction of sp³-hybridized carbons (Fsp3) is 0.417. The molecule has 0 saturated heterocycles. The highest BCUT2D eigenvalue weighted by Gasteiger charge is 2.46. The molecule has 86 valence electrons. The van der Waals surface area contributed by atoms with Gasteiger partial charge in [0.1, 0.15) is 5.82 Å². The van der Waals surface area contributed by atoms with E-state index in [9.17, 15) is 9.18 Å². The highest BCUT2D eigenvalue weighted by atomic mass is 19.1. The fourth-order valence-electron chi connectivity index (χ4n) is 1.56. The van der Waals surface area contributed by atoms with E-state index in [0.717, 1.165) is 18.4 Å². The molecule has 1 aromatic carbocycles. The smallest absolute Gasteiger partial charge is 0.240 e. The first kappa shape index (κ1) is 11.1. The Balaban J connectivity index is 2.03. The zero-order chi connectivity index (χ0) is 11.8. The first-order chi connectivity index (χ1) is 7.51. The Morgan fingerprint density at radius 2 is 2.25 bits per heavy atom. The van der Waals surface area contributed by atoms with E-state index in [1.54, 1.807) is 12.1 Å². The van der Waals surface area contributed by atoms with Crippen molar-refractivity contribution in [2.24, 2.45) is 5.73 Å². The zero-order valence-corrected chi connectivity index (χ0v) is 9.16. The van der Waals surface area contributed by atoms with E-state index in [1.165, 1.54) is 12.1 Å². The molecule has 1 fully saturated rings. The molecule has 1 aromatic rings. The van der Waals surface area contributed by atoms with Gasteiger partial charge < -0.3 is 11.1 Å². The van der Waals surface area contributed by atoms with Gasteiger partial charge in [-0.25, -0.2) is 4.39 Å². The van der Waals surface area contributed by atoms with Gasteiger partial charge in [0.2, 0.25) is 5.91 Å². The predicted octanol–water partition coefficient (Wildman–Crippen LogP) is 1.49. The third-order valence-electron chi connectivity index (χ3n) is 2.94. The van der Waals surface area contributed by atoms with E-state index in [1.807, 2.05) is 6.92 Å². The summed E-state index contributed by atoms with van der Waals surface area (Å²) >= 11 is 0. The number of carbonyl (C=O) groups is 1. The Hall–Kier alpha value is -1.42. The van der Waals surface area contributed by atoms with Crippen LogP contribution in [-0.4, -0.2) is 11.4 Å². The van der Waals surface area contributed by atoms with Crippen molar-refractivity contribution in [3.05, 3.63) is 35.6 Å². The quantitative estimate of drug-likeness (QED) is 0.814. The summed E-state index contributed by atoms with van der Waals surface area (Å²) in [5.74, 6) is -0.447. The van der Waals surface area contributed by atoms with Crippen molar-refractivity contribution >= 4 is 5.91 Å². The maximum Gasteiger partial charge on any atom is 0.240 e. The highest BCUT2D eigenvalue weighted by Crippen LogP contribution is 2.32. The second-order valence-electron chi connectivity index (χ2n) is 4.41. The predicted molar refractivity (Wildman–Crippen MR) is 59.1 cm³/mol. The van der Waals surface area contributed by atoms with Crippen LogP contribution in [0.4, 0.5) is 4.39 Å². The molecule has 0 aliphatic heterocycles. The van der Waals surface area contributed by atoms with E-state index in [4.69, 9.17) is 5.73 Å². The van der Waals surface area contributed by atoms with Crippen LogP contribution in [0.3, 0.4) is 0 Å². The number of hydrogen-bond acceptors (Lipinski definition) is 2. The molecule has 16 heavy (non-hydrogen) atoms. The van der Waals surface area contributed by atoms with Crippen LogP contribution in [0.2, 0.25) is 0 Å². The molecule has 1 aliphatic rings. The molecule has 3 nitrogen and oxygen atoms in total. The Kier molecular flexibility index (Phi) is 2.68. The second-order valence-corrected chi connectivity index (χ2v) is 4.41. The minimum absolute atomic E-state index is 0.149. The maximum absolute atomic E-state index is 13.0. The Morgan fingerprint density at radius 3 is 2.81 bits per heavy atom. The van der Waals surface area contributed by atoms with Crippen molar-refractivity contribution in [1.82, 2.24) is 5.32 Å². The van der Waals surface area contributed by atoms with Crippen molar-refractivity contribution in [2.75, 3.05) is 0 Å². The third-order valence-corrected chi connectivity index (χ3v) is 2.94. The molecule has 1 amide bonds. The molecule has 0 spiro atoms. The fourth-order valence-corrected chi connectivity index (χ4v) is 1.56. The van der Waals surface area contributed by atoms with E-state index in [2.05, 4.69) is 5.32 Å². The number of halogens is 1. The molecule has 1 saturated carbocycles. The van der Waals surface area contributed by atoms with Crippen LogP contribution in [-0.2, 0) is 4.79 Å². The average molecular weight is 222 g/mol. The number of benzene rings is 1. The molecule has 0 radical (unpaired) electrons. The van der Waals surface area contributed by atoms with Crippen LogP contribution in [0.1, 0.15) is 31.4 Å².